The maximum atomic E-state index is 9.82. The fourth-order valence-electron chi connectivity index (χ4n) is 5.03. The average molecular weight is 426 g/mol. The van der Waals surface area contributed by atoms with Crippen LogP contribution in [-0.4, -0.2) is 61.6 Å². The predicted molar refractivity (Wildman–Crippen MR) is 119 cm³/mol. The number of aliphatic hydroxyl groups excluding tert-OH is 1. The first-order chi connectivity index (χ1) is 15.2. The van der Waals surface area contributed by atoms with Gasteiger partial charge >= 0.3 is 0 Å². The lowest BCUT2D eigenvalue weighted by Crippen LogP contribution is -2.24. The molecule has 0 bridgehead atoms. The fraction of sp³-hybridized carbons (Fsp3) is 0.714. The largest absolute Gasteiger partial charge is 0.396 e. The van der Waals surface area contributed by atoms with Gasteiger partial charge in [0, 0.05) is 30.6 Å². The lowest BCUT2D eigenvalue weighted by molar-refractivity contribution is 0.201. The van der Waals surface area contributed by atoms with Gasteiger partial charge < -0.3 is 14.6 Å². The summed E-state index contributed by atoms with van der Waals surface area (Å²) >= 11 is 0. The summed E-state index contributed by atoms with van der Waals surface area (Å²) in [6.07, 6.45) is 11.4. The molecule has 166 valence electrons. The van der Waals surface area contributed by atoms with E-state index < -0.39 is 0 Å². The Balaban J connectivity index is 1.60. The van der Waals surface area contributed by atoms with Crippen molar-refractivity contribution in [3.05, 3.63) is 23.1 Å². The molecule has 2 aliphatic carbocycles. The number of hydrogen-bond acceptors (Lipinski definition) is 6. The van der Waals surface area contributed by atoms with Crippen molar-refractivity contribution in [1.29, 1.82) is 0 Å². The third kappa shape index (κ3) is 3.97. The van der Waals surface area contributed by atoms with Crippen molar-refractivity contribution >= 4 is 23.3 Å². The first-order valence-corrected chi connectivity index (χ1v) is 11.3. The van der Waals surface area contributed by atoms with Gasteiger partial charge in [0.1, 0.15) is 6.33 Å². The second-order valence-corrected chi connectivity index (χ2v) is 8.71. The minimum atomic E-state index is -0.198. The number of imidazole rings is 1. The lowest BCUT2D eigenvalue weighted by Gasteiger charge is -2.18. The van der Waals surface area contributed by atoms with Gasteiger partial charge in [0.05, 0.1) is 18.2 Å². The Morgan fingerprint density at radius 2 is 2.03 bits per heavy atom. The van der Waals surface area contributed by atoms with E-state index in [9.17, 15) is 5.11 Å². The van der Waals surface area contributed by atoms with Gasteiger partial charge in [-0.05, 0) is 43.1 Å². The van der Waals surface area contributed by atoms with Gasteiger partial charge in [-0.2, -0.15) is 0 Å². The number of aliphatic imine (C=N–C) groups is 1. The molecule has 0 amide bonds. The maximum Gasteiger partial charge on any atom is 0.184 e. The van der Waals surface area contributed by atoms with Crippen LogP contribution < -0.4 is 0 Å². The molecule has 0 aromatic carbocycles. The zero-order valence-electron chi connectivity index (χ0n) is 18.3. The van der Waals surface area contributed by atoms with Crippen LogP contribution in [0.25, 0.3) is 21.6 Å². The summed E-state index contributed by atoms with van der Waals surface area (Å²) in [6, 6.07) is -0.198. The quantitative estimate of drug-likeness (QED) is 0.192. The van der Waals surface area contributed by atoms with Gasteiger partial charge in [-0.25, -0.2) is 19.9 Å². The minimum absolute atomic E-state index is 0.0154. The zero-order chi connectivity index (χ0) is 21.8. The molecule has 4 rings (SSSR count). The lowest BCUT2D eigenvalue weighted by atomic mass is 10.0. The van der Waals surface area contributed by atoms with E-state index in [0.29, 0.717) is 17.8 Å². The standard InChI is InChI=1S/C21H31N9O/c1-3-5-7-29(8-6-4-2)13-26-19-18-20(24-12-23-19)30(14-25-18)21-9-16(21)15(11-31)17(10-21)27-28-22/h12-17,31H,3-11H2,1-2H3/b26-13-/t15-,16-,17-,21-/m0/s1. The number of azide groups is 1. The normalized spacial score (nSPS) is 26.9. The van der Waals surface area contributed by atoms with Gasteiger partial charge in [0.15, 0.2) is 17.0 Å². The van der Waals surface area contributed by atoms with Crippen LogP contribution in [0.2, 0.25) is 0 Å². The molecule has 0 aliphatic heterocycles. The molecular formula is C21H31N9O. The van der Waals surface area contributed by atoms with Crippen LogP contribution in [0.3, 0.4) is 0 Å². The number of unbranched alkanes of at least 4 members (excludes halogenated alkanes) is 2. The van der Waals surface area contributed by atoms with Gasteiger partial charge in [-0.1, -0.05) is 31.8 Å². The van der Waals surface area contributed by atoms with Crippen molar-refractivity contribution in [1.82, 2.24) is 24.4 Å². The van der Waals surface area contributed by atoms with Crippen molar-refractivity contribution in [2.45, 2.75) is 64.0 Å². The summed E-state index contributed by atoms with van der Waals surface area (Å²) in [7, 11) is 0. The molecule has 0 unspecified atom stereocenters. The van der Waals surface area contributed by atoms with Crippen molar-refractivity contribution in [2.75, 3.05) is 19.7 Å². The van der Waals surface area contributed by atoms with E-state index in [1.165, 1.54) is 6.33 Å². The van der Waals surface area contributed by atoms with Gasteiger partial charge in [-0.3, -0.25) is 0 Å². The first kappa shape index (κ1) is 21.5. The monoisotopic (exact) mass is 425 g/mol. The van der Waals surface area contributed by atoms with Crippen molar-refractivity contribution in [3.8, 4) is 0 Å². The highest BCUT2D eigenvalue weighted by atomic mass is 16.3. The average Bonchev–Trinajstić information content (AvgIpc) is 3.17. The van der Waals surface area contributed by atoms with Crippen LogP contribution in [0.5, 0.6) is 0 Å². The summed E-state index contributed by atoms with van der Waals surface area (Å²) < 4.78 is 2.09. The molecule has 2 heterocycles. The molecule has 2 aromatic heterocycles. The molecule has 31 heavy (non-hydrogen) atoms. The van der Waals surface area contributed by atoms with E-state index in [1.54, 1.807) is 6.33 Å². The van der Waals surface area contributed by atoms with Crippen molar-refractivity contribution < 1.29 is 5.11 Å². The number of fused-ring (bicyclic) bond motifs is 2. The van der Waals surface area contributed by atoms with Gasteiger partial charge in [0.25, 0.3) is 0 Å². The molecule has 10 nitrogen and oxygen atoms in total. The highest BCUT2D eigenvalue weighted by Gasteiger charge is 2.66. The molecule has 0 radical (unpaired) electrons. The van der Waals surface area contributed by atoms with E-state index in [1.807, 2.05) is 6.34 Å². The minimum Gasteiger partial charge on any atom is -0.396 e. The SMILES string of the molecule is CCCCN(/C=N\c1ncnc2c1ncn2[C@@]12C[C@H](N=[N+]=[N-])[C@@H](CO)[C@@H]1C2)CCCC. The molecule has 2 saturated carbocycles. The Kier molecular flexibility index (Phi) is 6.38. The summed E-state index contributed by atoms with van der Waals surface area (Å²) in [5, 5.41) is 13.7. The molecule has 1 N–H and O–H groups in total. The molecule has 2 aromatic rings. The number of hydrogen-bond donors (Lipinski definition) is 1. The molecule has 4 atom stereocenters. The van der Waals surface area contributed by atoms with E-state index in [2.05, 4.69) is 53.3 Å². The first-order valence-electron chi connectivity index (χ1n) is 11.3. The molecule has 0 saturated heterocycles. The Morgan fingerprint density at radius 1 is 1.26 bits per heavy atom. The molecule has 0 spiro atoms. The van der Waals surface area contributed by atoms with E-state index in [0.717, 1.165) is 50.8 Å². The number of nitrogens with zero attached hydrogens (tertiary/aromatic N) is 9. The summed E-state index contributed by atoms with van der Waals surface area (Å²) in [6.45, 7) is 6.38. The van der Waals surface area contributed by atoms with Crippen molar-refractivity contribution in [2.24, 2.45) is 21.9 Å². The van der Waals surface area contributed by atoms with Gasteiger partial charge in [-0.15, -0.1) is 0 Å². The Bertz CT molecular complexity index is 974. The smallest absolute Gasteiger partial charge is 0.184 e. The van der Waals surface area contributed by atoms with Crippen LogP contribution in [0.4, 0.5) is 5.82 Å². The number of aromatic nitrogens is 4. The molecule has 2 aliphatic rings. The van der Waals surface area contributed by atoms with Gasteiger partial charge in [0.2, 0.25) is 0 Å². The highest BCUT2D eigenvalue weighted by Crippen LogP contribution is 2.65. The Hall–Kier alpha value is -2.71. The third-order valence-corrected chi connectivity index (χ3v) is 6.82. The van der Waals surface area contributed by atoms with Crippen LogP contribution >= 0.6 is 0 Å². The highest BCUT2D eigenvalue weighted by molar-refractivity contribution is 5.83. The predicted octanol–water partition coefficient (Wildman–Crippen LogP) is 3.79. The summed E-state index contributed by atoms with van der Waals surface area (Å²) in [5.41, 5.74) is 10.1. The fourth-order valence-corrected chi connectivity index (χ4v) is 5.03. The molecule has 10 heteroatoms. The zero-order valence-corrected chi connectivity index (χ0v) is 18.3. The number of rotatable bonds is 11. The van der Waals surface area contributed by atoms with E-state index in [-0.39, 0.29) is 30.0 Å². The second-order valence-electron chi connectivity index (χ2n) is 8.71. The summed E-state index contributed by atoms with van der Waals surface area (Å²) in [5.74, 6) is 0.822. The van der Waals surface area contributed by atoms with E-state index in [4.69, 9.17) is 5.53 Å². The Labute approximate surface area is 182 Å². The Morgan fingerprint density at radius 3 is 2.71 bits per heavy atom. The third-order valence-electron chi connectivity index (χ3n) is 6.82. The molecular weight excluding hydrogens is 394 g/mol. The van der Waals surface area contributed by atoms with Crippen LogP contribution in [-0.2, 0) is 5.54 Å². The maximum absolute atomic E-state index is 9.82. The second kappa shape index (κ2) is 9.20. The summed E-state index contributed by atoms with van der Waals surface area (Å²) in [4.78, 5) is 23.4. The van der Waals surface area contributed by atoms with Crippen LogP contribution in [0.1, 0.15) is 52.4 Å². The van der Waals surface area contributed by atoms with Crippen LogP contribution in [0, 0.1) is 11.8 Å². The van der Waals surface area contributed by atoms with Crippen LogP contribution in [0.15, 0.2) is 22.8 Å². The van der Waals surface area contributed by atoms with Crippen molar-refractivity contribution in [3.63, 3.8) is 0 Å². The van der Waals surface area contributed by atoms with E-state index >= 15 is 0 Å². The number of aliphatic hydroxyl groups is 1. The molecule has 2 fully saturated rings. The topological polar surface area (TPSA) is 128 Å².